The monoisotopic (exact) mass is 610 g/mol. The lowest BCUT2D eigenvalue weighted by Crippen LogP contribution is -2.42. The lowest BCUT2D eigenvalue weighted by molar-refractivity contribution is -0.118. The maximum absolute atomic E-state index is 13.5. The Balaban J connectivity index is 1.45. The summed E-state index contributed by atoms with van der Waals surface area (Å²) in [5.41, 5.74) is 8.39. The van der Waals surface area contributed by atoms with E-state index in [1.807, 2.05) is 38.1 Å². The molecule has 2 aromatic heterocycles. The number of anilines is 2. The van der Waals surface area contributed by atoms with Crippen molar-refractivity contribution in [2.75, 3.05) is 16.0 Å². The van der Waals surface area contributed by atoms with Gasteiger partial charge in [-0.2, -0.15) is 5.26 Å². The van der Waals surface area contributed by atoms with Crippen LogP contribution in [0.1, 0.15) is 38.4 Å². The van der Waals surface area contributed by atoms with E-state index >= 15 is 0 Å². The van der Waals surface area contributed by atoms with Crippen LogP contribution in [-0.4, -0.2) is 27.6 Å². The molecule has 0 fully saturated rings. The Hall–Kier alpha value is -3.40. The Labute approximate surface area is 235 Å². The molecule has 38 heavy (non-hydrogen) atoms. The molecule has 5 rings (SSSR count). The Bertz CT molecular complexity index is 1520. The van der Waals surface area contributed by atoms with Crippen LogP contribution in [-0.2, 0) is 9.59 Å². The first-order valence-corrected chi connectivity index (χ1v) is 14.3. The average molecular weight is 612 g/mol. The molecule has 1 amide bonds. The number of benzene rings is 1. The highest BCUT2D eigenvalue weighted by Gasteiger charge is 2.46. The van der Waals surface area contributed by atoms with Crippen molar-refractivity contribution in [2.24, 2.45) is 11.1 Å². The van der Waals surface area contributed by atoms with Crippen molar-refractivity contribution in [3.8, 4) is 6.07 Å². The van der Waals surface area contributed by atoms with Crippen LogP contribution < -0.4 is 16.0 Å². The molecule has 2 aliphatic rings. The normalized spacial score (nSPS) is 18.8. The van der Waals surface area contributed by atoms with Gasteiger partial charge in [-0.15, -0.1) is 10.2 Å². The average Bonchev–Trinajstić information content (AvgIpc) is 3.55. The molecule has 12 heteroatoms. The van der Waals surface area contributed by atoms with Crippen LogP contribution in [0.25, 0.3) is 0 Å². The Kier molecular flexibility index (Phi) is 7.17. The zero-order valence-electron chi connectivity index (χ0n) is 20.5. The molecule has 3 heterocycles. The van der Waals surface area contributed by atoms with Gasteiger partial charge < -0.3 is 15.5 Å². The predicted molar refractivity (Wildman–Crippen MR) is 149 cm³/mol. The number of hydrogen-bond acceptors (Lipinski definition) is 10. The number of nitriles is 1. The van der Waals surface area contributed by atoms with Crippen molar-refractivity contribution in [3.05, 3.63) is 75.6 Å². The smallest absolute Gasteiger partial charge is 0.234 e. The van der Waals surface area contributed by atoms with Gasteiger partial charge in [-0.3, -0.25) is 14.5 Å². The number of hydrogen-bond donors (Lipinski definition) is 2. The van der Waals surface area contributed by atoms with Crippen LogP contribution >= 0.6 is 39.0 Å². The van der Waals surface area contributed by atoms with Gasteiger partial charge in [0, 0.05) is 22.2 Å². The summed E-state index contributed by atoms with van der Waals surface area (Å²) in [4.78, 5) is 27.6. The molecule has 0 bridgehead atoms. The number of thioether (sulfide) groups is 1. The van der Waals surface area contributed by atoms with Crippen LogP contribution in [0.3, 0.4) is 0 Å². The van der Waals surface area contributed by atoms with E-state index in [0.29, 0.717) is 45.0 Å². The zero-order valence-corrected chi connectivity index (χ0v) is 23.7. The molecular weight excluding hydrogens is 588 g/mol. The summed E-state index contributed by atoms with van der Waals surface area (Å²) in [6.07, 6.45) is 2.42. The molecule has 0 spiro atoms. The number of amides is 1. The predicted octanol–water partition coefficient (Wildman–Crippen LogP) is 5.57. The molecule has 1 unspecified atom stereocenters. The molecule has 1 aromatic carbocycles. The highest BCUT2D eigenvalue weighted by Crippen LogP contribution is 2.50. The van der Waals surface area contributed by atoms with Gasteiger partial charge in [-0.05, 0) is 52.0 Å². The minimum absolute atomic E-state index is 0.0502. The second-order valence-electron chi connectivity index (χ2n) is 9.66. The van der Waals surface area contributed by atoms with Crippen molar-refractivity contribution in [3.63, 3.8) is 0 Å². The van der Waals surface area contributed by atoms with E-state index in [1.54, 1.807) is 17.0 Å². The molecule has 0 radical (unpaired) electrons. The molecule has 194 valence electrons. The second kappa shape index (κ2) is 10.4. The lowest BCUT2D eigenvalue weighted by Gasteiger charge is -2.42. The van der Waals surface area contributed by atoms with Gasteiger partial charge in [0.05, 0.1) is 35.3 Å². The van der Waals surface area contributed by atoms with Crippen molar-refractivity contribution >= 4 is 61.5 Å². The standard InChI is InChI=1S/C26H23BrN6O3S2/c1-26(2)10-17-22(18(34)11-26)21(19-8-5-9-36-19)14(12-28)23(29)33(17)24-31-32-25(38-24)37-13-20(35)30-16-7-4-3-6-15(16)27/h3-9,21H,10-11,13,29H2,1-2H3,(H,30,35). The molecule has 3 N–H and O–H groups in total. The molecule has 0 saturated carbocycles. The van der Waals surface area contributed by atoms with E-state index in [0.717, 1.165) is 4.47 Å². The number of para-hydroxylation sites is 1. The number of nitrogens with two attached hydrogens (primary N) is 1. The number of aromatic nitrogens is 2. The first kappa shape index (κ1) is 26.2. The van der Waals surface area contributed by atoms with Gasteiger partial charge in [-0.25, -0.2) is 0 Å². The summed E-state index contributed by atoms with van der Waals surface area (Å²) in [7, 11) is 0. The summed E-state index contributed by atoms with van der Waals surface area (Å²) in [6.45, 7) is 4.05. The first-order valence-electron chi connectivity index (χ1n) is 11.7. The van der Waals surface area contributed by atoms with Crippen LogP contribution in [0.15, 0.2) is 78.6 Å². The summed E-state index contributed by atoms with van der Waals surface area (Å²) >= 11 is 5.91. The first-order chi connectivity index (χ1) is 18.2. The molecular formula is C26H23BrN6O3S2. The quantitative estimate of drug-likeness (QED) is 0.343. The number of halogens is 1. The fourth-order valence-corrected chi connectivity index (χ4v) is 6.76. The second-order valence-corrected chi connectivity index (χ2v) is 12.7. The molecule has 0 saturated heterocycles. The Morgan fingerprint density at radius 2 is 2.11 bits per heavy atom. The van der Waals surface area contributed by atoms with Crippen molar-refractivity contribution in [2.45, 2.75) is 36.9 Å². The SMILES string of the molecule is CC1(C)CC(=O)C2=C(C1)N(c1nnc(SCC(=O)Nc3ccccc3Br)s1)C(N)=C(C#N)C2c1ccco1. The molecule has 1 atom stereocenters. The number of ketones is 1. The van der Waals surface area contributed by atoms with E-state index in [2.05, 4.69) is 37.5 Å². The number of nitrogens with zero attached hydrogens (tertiary/aromatic N) is 4. The van der Waals surface area contributed by atoms with Crippen molar-refractivity contribution in [1.29, 1.82) is 5.26 Å². The third-order valence-electron chi connectivity index (χ3n) is 6.27. The lowest BCUT2D eigenvalue weighted by atomic mass is 9.69. The third-order valence-corrected chi connectivity index (χ3v) is 9.00. The molecule has 1 aliphatic carbocycles. The minimum atomic E-state index is -0.673. The van der Waals surface area contributed by atoms with Crippen molar-refractivity contribution < 1.29 is 14.0 Å². The van der Waals surface area contributed by atoms with Gasteiger partial charge in [0.1, 0.15) is 11.6 Å². The van der Waals surface area contributed by atoms with Crippen LogP contribution in [0.4, 0.5) is 10.8 Å². The maximum atomic E-state index is 13.5. The van der Waals surface area contributed by atoms with Gasteiger partial charge in [0.15, 0.2) is 10.1 Å². The van der Waals surface area contributed by atoms with Crippen LogP contribution in [0.2, 0.25) is 0 Å². The van der Waals surface area contributed by atoms with E-state index in [9.17, 15) is 14.9 Å². The molecule has 1 aliphatic heterocycles. The summed E-state index contributed by atoms with van der Waals surface area (Å²) in [5, 5.41) is 22.0. The van der Waals surface area contributed by atoms with Crippen LogP contribution in [0, 0.1) is 16.7 Å². The van der Waals surface area contributed by atoms with Gasteiger partial charge in [0.25, 0.3) is 0 Å². The van der Waals surface area contributed by atoms with Gasteiger partial charge in [0.2, 0.25) is 11.0 Å². The Morgan fingerprint density at radius 1 is 1.32 bits per heavy atom. The molecule has 9 nitrogen and oxygen atoms in total. The number of allylic oxidation sites excluding steroid dienone is 3. The van der Waals surface area contributed by atoms with E-state index < -0.39 is 5.92 Å². The summed E-state index contributed by atoms with van der Waals surface area (Å²) < 4.78 is 6.99. The number of nitrogens with one attached hydrogen (secondary N) is 1. The van der Waals surface area contributed by atoms with E-state index in [4.69, 9.17) is 10.2 Å². The third kappa shape index (κ3) is 5.01. The molecule has 3 aromatic rings. The fourth-order valence-electron chi connectivity index (χ4n) is 4.69. The van der Waals surface area contributed by atoms with E-state index in [-0.39, 0.29) is 34.3 Å². The summed E-state index contributed by atoms with van der Waals surface area (Å²) in [6, 6.07) is 13.0. The highest BCUT2D eigenvalue weighted by atomic mass is 79.9. The summed E-state index contributed by atoms with van der Waals surface area (Å²) in [5.74, 6) is -0.0935. The van der Waals surface area contributed by atoms with Gasteiger partial charge >= 0.3 is 0 Å². The zero-order chi connectivity index (χ0) is 27.0. The maximum Gasteiger partial charge on any atom is 0.234 e. The minimum Gasteiger partial charge on any atom is -0.468 e. The van der Waals surface area contributed by atoms with Gasteiger partial charge in [-0.1, -0.05) is 49.1 Å². The number of rotatable bonds is 6. The number of furan rings is 1. The fraction of sp³-hybridized carbons (Fsp3) is 0.269. The number of carbonyl (C=O) groups excluding carboxylic acids is 2. The number of carbonyl (C=O) groups is 2. The van der Waals surface area contributed by atoms with Crippen molar-refractivity contribution in [1.82, 2.24) is 10.2 Å². The Morgan fingerprint density at radius 3 is 2.82 bits per heavy atom. The van der Waals surface area contributed by atoms with Crippen LogP contribution in [0.5, 0.6) is 0 Å². The topological polar surface area (TPSA) is 138 Å². The number of Topliss-reactive ketones (excluding diaryl/α,β-unsaturated/α-hetero) is 1. The largest absolute Gasteiger partial charge is 0.468 e. The highest BCUT2D eigenvalue weighted by molar-refractivity contribution is 9.10. The van der Waals surface area contributed by atoms with E-state index in [1.165, 1.54) is 29.4 Å².